The Morgan fingerprint density at radius 1 is 1.13 bits per heavy atom. The topological polar surface area (TPSA) is 56.1 Å². The van der Waals surface area contributed by atoms with Gasteiger partial charge in [0.25, 0.3) is 5.91 Å². The number of hydrogen-bond acceptors (Lipinski definition) is 3. The molecule has 154 valence electrons. The first kappa shape index (κ1) is 21.0. The van der Waals surface area contributed by atoms with E-state index in [9.17, 15) is 18.0 Å². The van der Waals surface area contributed by atoms with Crippen molar-refractivity contribution in [3.05, 3.63) is 83.9 Å². The maximum absolute atomic E-state index is 12.7. The molecule has 0 aliphatic carbocycles. The molecule has 0 saturated carbocycles. The Bertz CT molecular complexity index is 1030. The van der Waals surface area contributed by atoms with E-state index >= 15 is 0 Å². The molecule has 3 rings (SSSR count). The number of ether oxygens (including phenoxy) is 1. The van der Waals surface area contributed by atoms with E-state index in [1.54, 1.807) is 24.7 Å². The highest BCUT2D eigenvalue weighted by Gasteiger charge is 2.30. The summed E-state index contributed by atoms with van der Waals surface area (Å²) in [6.45, 7) is 0.682. The second-order valence-electron chi connectivity index (χ2n) is 6.28. The van der Waals surface area contributed by atoms with Crippen LogP contribution < -0.4 is 10.1 Å². The molecule has 1 N–H and O–H groups in total. The summed E-state index contributed by atoms with van der Waals surface area (Å²) in [6.07, 6.45) is 0.854. The summed E-state index contributed by atoms with van der Waals surface area (Å²) in [4.78, 5) is 16.1. The highest BCUT2D eigenvalue weighted by atomic mass is 19.4. The number of carbonyl (C=O) groups is 1. The first-order valence-electron chi connectivity index (χ1n) is 9.00. The van der Waals surface area contributed by atoms with Crippen molar-refractivity contribution in [3.8, 4) is 17.6 Å². The monoisotopic (exact) mass is 413 g/mol. The minimum Gasteiger partial charge on any atom is -0.481 e. The number of hydrogen-bond donors (Lipinski definition) is 1. The number of amides is 1. The van der Waals surface area contributed by atoms with E-state index in [1.807, 2.05) is 22.9 Å². The van der Waals surface area contributed by atoms with Crippen LogP contribution in [-0.2, 0) is 12.7 Å². The van der Waals surface area contributed by atoms with Crippen molar-refractivity contribution < 1.29 is 22.7 Å². The minimum absolute atomic E-state index is 0.0824. The molecule has 5 nitrogen and oxygen atoms in total. The maximum atomic E-state index is 12.7. The minimum atomic E-state index is -4.42. The molecule has 8 heteroatoms. The molecule has 0 radical (unpaired) electrons. The molecule has 0 bridgehead atoms. The van der Waals surface area contributed by atoms with Crippen LogP contribution in [0.5, 0.6) is 5.75 Å². The molecular formula is C22H18F3N3O2. The number of halogens is 3. The van der Waals surface area contributed by atoms with Gasteiger partial charge in [-0.2, -0.15) is 13.2 Å². The van der Waals surface area contributed by atoms with Crippen LogP contribution in [0.15, 0.2) is 67.3 Å². The molecule has 1 amide bonds. The van der Waals surface area contributed by atoms with E-state index in [1.165, 1.54) is 12.1 Å². The summed E-state index contributed by atoms with van der Waals surface area (Å²) < 4.78 is 45.1. The third-order valence-electron chi connectivity index (χ3n) is 4.08. The zero-order valence-corrected chi connectivity index (χ0v) is 15.8. The molecule has 0 atom stereocenters. The summed E-state index contributed by atoms with van der Waals surface area (Å²) >= 11 is 0. The van der Waals surface area contributed by atoms with E-state index < -0.39 is 11.7 Å². The number of imidazole rings is 1. The molecule has 0 aliphatic heterocycles. The van der Waals surface area contributed by atoms with Gasteiger partial charge in [-0.25, -0.2) is 4.98 Å². The Labute approximate surface area is 171 Å². The zero-order valence-electron chi connectivity index (χ0n) is 15.8. The van der Waals surface area contributed by atoms with E-state index in [-0.39, 0.29) is 24.8 Å². The molecular weight excluding hydrogens is 395 g/mol. The van der Waals surface area contributed by atoms with Gasteiger partial charge < -0.3 is 14.6 Å². The highest BCUT2D eigenvalue weighted by molar-refractivity contribution is 5.94. The molecule has 3 aromatic rings. The van der Waals surface area contributed by atoms with E-state index in [0.717, 1.165) is 17.7 Å². The first-order chi connectivity index (χ1) is 14.4. The predicted molar refractivity (Wildman–Crippen MR) is 105 cm³/mol. The van der Waals surface area contributed by atoms with Gasteiger partial charge in [-0.15, -0.1) is 0 Å². The van der Waals surface area contributed by atoms with Crippen LogP contribution in [0.25, 0.3) is 0 Å². The molecule has 2 aromatic carbocycles. The lowest BCUT2D eigenvalue weighted by atomic mass is 10.1. The fourth-order valence-electron chi connectivity index (χ4n) is 2.57. The molecule has 0 spiro atoms. The normalized spacial score (nSPS) is 10.8. The summed E-state index contributed by atoms with van der Waals surface area (Å²) in [7, 11) is 0. The van der Waals surface area contributed by atoms with Crippen LogP contribution in [0.1, 0.15) is 21.5 Å². The molecule has 1 heterocycles. The average Bonchev–Trinajstić information content (AvgIpc) is 3.23. The Hall–Kier alpha value is -3.73. The standard InChI is InChI=1S/C22H18F3N3O2/c23-22(24,25)19-4-3-5-20(14-19)30-13-2-1-10-27-21(29)18-8-6-17(7-9-18)15-28-12-11-26-16-28/h3-9,11-12,14,16H,10,13,15H2,(H,27,29). The largest absolute Gasteiger partial charge is 0.481 e. The Kier molecular flexibility index (Phi) is 6.75. The number of nitrogens with zero attached hydrogens (tertiary/aromatic N) is 2. The number of nitrogens with one attached hydrogen (secondary N) is 1. The van der Waals surface area contributed by atoms with Gasteiger partial charge in [-0.3, -0.25) is 4.79 Å². The van der Waals surface area contributed by atoms with E-state index in [0.29, 0.717) is 12.1 Å². The molecule has 0 aliphatic rings. The van der Waals surface area contributed by atoms with Gasteiger partial charge in [-0.05, 0) is 35.9 Å². The third kappa shape index (κ3) is 6.14. The number of carbonyl (C=O) groups excluding carboxylic acids is 1. The van der Waals surface area contributed by atoms with Crippen LogP contribution in [-0.4, -0.2) is 28.6 Å². The van der Waals surface area contributed by atoms with Crippen LogP contribution >= 0.6 is 0 Å². The van der Waals surface area contributed by atoms with Crippen molar-refractivity contribution in [3.63, 3.8) is 0 Å². The van der Waals surface area contributed by atoms with Crippen LogP contribution in [0.2, 0.25) is 0 Å². The number of alkyl halides is 3. The lowest BCUT2D eigenvalue weighted by Crippen LogP contribution is -2.23. The van der Waals surface area contributed by atoms with Gasteiger partial charge in [0.15, 0.2) is 0 Å². The van der Waals surface area contributed by atoms with Crippen molar-refractivity contribution in [2.75, 3.05) is 13.2 Å². The van der Waals surface area contributed by atoms with Crippen molar-refractivity contribution in [1.82, 2.24) is 14.9 Å². The lowest BCUT2D eigenvalue weighted by Gasteiger charge is -2.08. The molecule has 0 fully saturated rings. The molecule has 0 saturated heterocycles. The van der Waals surface area contributed by atoms with Gasteiger partial charge >= 0.3 is 6.18 Å². The van der Waals surface area contributed by atoms with E-state index in [2.05, 4.69) is 22.1 Å². The Morgan fingerprint density at radius 2 is 1.93 bits per heavy atom. The second kappa shape index (κ2) is 9.65. The number of benzene rings is 2. The molecule has 1 aromatic heterocycles. The van der Waals surface area contributed by atoms with Crippen molar-refractivity contribution in [2.24, 2.45) is 0 Å². The van der Waals surface area contributed by atoms with Crippen molar-refractivity contribution >= 4 is 5.91 Å². The van der Waals surface area contributed by atoms with Gasteiger partial charge in [0.2, 0.25) is 0 Å². The SMILES string of the molecule is O=C(NCC#CCOc1cccc(C(F)(F)F)c1)c1ccc(Cn2ccnc2)cc1. The predicted octanol–water partition coefficient (Wildman–Crippen LogP) is 3.76. The number of aromatic nitrogens is 2. The smallest absolute Gasteiger partial charge is 0.416 e. The Morgan fingerprint density at radius 3 is 2.63 bits per heavy atom. The summed E-state index contributed by atoms with van der Waals surface area (Å²) in [5, 5.41) is 2.66. The van der Waals surface area contributed by atoms with Gasteiger partial charge in [-0.1, -0.05) is 30.0 Å². The van der Waals surface area contributed by atoms with Gasteiger partial charge in [0.1, 0.15) is 12.4 Å². The fraction of sp³-hybridized carbons (Fsp3) is 0.182. The van der Waals surface area contributed by atoms with Crippen molar-refractivity contribution in [2.45, 2.75) is 12.7 Å². The van der Waals surface area contributed by atoms with Crippen molar-refractivity contribution in [1.29, 1.82) is 0 Å². The zero-order chi connectivity index (χ0) is 21.4. The Balaban J connectivity index is 1.42. The van der Waals surface area contributed by atoms with Crippen LogP contribution in [0.3, 0.4) is 0 Å². The first-order valence-corrected chi connectivity index (χ1v) is 9.00. The van der Waals surface area contributed by atoms with Gasteiger partial charge in [0.05, 0.1) is 18.4 Å². The summed E-state index contributed by atoms with van der Waals surface area (Å²) in [6, 6.07) is 11.8. The average molecular weight is 413 g/mol. The second-order valence-corrected chi connectivity index (χ2v) is 6.28. The fourth-order valence-corrected chi connectivity index (χ4v) is 2.57. The highest BCUT2D eigenvalue weighted by Crippen LogP contribution is 2.31. The van der Waals surface area contributed by atoms with E-state index in [4.69, 9.17) is 4.74 Å². The summed E-state index contributed by atoms with van der Waals surface area (Å²) in [5.74, 6) is 5.17. The van der Waals surface area contributed by atoms with Gasteiger partial charge in [0, 0.05) is 24.5 Å². The lowest BCUT2D eigenvalue weighted by molar-refractivity contribution is -0.137. The third-order valence-corrected chi connectivity index (χ3v) is 4.08. The van der Waals surface area contributed by atoms with Crippen LogP contribution in [0.4, 0.5) is 13.2 Å². The maximum Gasteiger partial charge on any atom is 0.416 e. The quantitative estimate of drug-likeness (QED) is 0.626. The summed E-state index contributed by atoms with van der Waals surface area (Å²) in [5.41, 5.74) is 0.763. The number of rotatable bonds is 6. The molecule has 0 unspecified atom stereocenters. The molecule has 30 heavy (non-hydrogen) atoms. The van der Waals surface area contributed by atoms with Crippen LogP contribution in [0, 0.1) is 11.8 Å².